The Labute approximate surface area is 150 Å². The van der Waals surface area contributed by atoms with E-state index in [1.54, 1.807) is 23.1 Å². The maximum absolute atomic E-state index is 13.0. The van der Waals surface area contributed by atoms with Crippen molar-refractivity contribution in [3.63, 3.8) is 0 Å². The van der Waals surface area contributed by atoms with E-state index in [9.17, 15) is 9.18 Å². The molecule has 0 N–H and O–H groups in total. The third-order valence-corrected chi connectivity index (χ3v) is 5.38. The average molecular weight is 366 g/mol. The Balaban J connectivity index is 1.56. The first-order chi connectivity index (χ1) is 11.6. The first kappa shape index (κ1) is 17.5. The summed E-state index contributed by atoms with van der Waals surface area (Å²) in [4.78, 5) is 17.1. The Kier molecular flexibility index (Phi) is 5.99. The van der Waals surface area contributed by atoms with Crippen molar-refractivity contribution in [2.75, 3.05) is 39.4 Å². The third-order valence-electron chi connectivity index (χ3n) is 4.00. The van der Waals surface area contributed by atoms with Gasteiger partial charge in [0, 0.05) is 26.2 Å². The summed E-state index contributed by atoms with van der Waals surface area (Å²) < 4.78 is 18.9. The summed E-state index contributed by atoms with van der Waals surface area (Å²) in [7, 11) is 0. The first-order valence-corrected chi connectivity index (χ1v) is 9.17. The quantitative estimate of drug-likeness (QED) is 0.591. The van der Waals surface area contributed by atoms with Gasteiger partial charge in [-0.3, -0.25) is 14.6 Å². The molecule has 1 amide bonds. The molecule has 3 rings (SSSR count). The van der Waals surface area contributed by atoms with Gasteiger partial charge in [0.15, 0.2) is 0 Å². The van der Waals surface area contributed by atoms with Gasteiger partial charge in [-0.1, -0.05) is 36.1 Å². The number of benzene rings is 1. The average Bonchev–Trinajstić information content (AvgIpc) is 2.85. The highest BCUT2D eigenvalue weighted by molar-refractivity contribution is 8.26. The molecular weight excluding hydrogens is 347 g/mol. The monoisotopic (exact) mass is 366 g/mol. The van der Waals surface area contributed by atoms with E-state index in [2.05, 4.69) is 4.90 Å². The van der Waals surface area contributed by atoms with Crippen molar-refractivity contribution in [1.82, 2.24) is 9.80 Å². The Bertz CT molecular complexity index is 642. The fraction of sp³-hybridized carbons (Fsp3) is 0.412. The molecule has 24 heavy (non-hydrogen) atoms. The van der Waals surface area contributed by atoms with Crippen LogP contribution in [0.1, 0.15) is 12.0 Å². The number of carbonyl (C=O) groups excluding carboxylic acids is 1. The second kappa shape index (κ2) is 8.20. The fourth-order valence-corrected chi connectivity index (χ4v) is 3.99. The van der Waals surface area contributed by atoms with E-state index in [0.717, 1.165) is 44.8 Å². The van der Waals surface area contributed by atoms with Gasteiger partial charge in [-0.25, -0.2) is 4.39 Å². The second-order valence-electron chi connectivity index (χ2n) is 5.69. The number of halogens is 1. The van der Waals surface area contributed by atoms with Crippen LogP contribution in [0.15, 0.2) is 29.2 Å². The molecule has 4 nitrogen and oxygen atoms in total. The molecule has 0 unspecified atom stereocenters. The maximum atomic E-state index is 13.0. The molecule has 0 bridgehead atoms. The lowest BCUT2D eigenvalue weighted by atomic mass is 10.2. The number of rotatable bonds is 5. The Morgan fingerprint density at radius 2 is 1.92 bits per heavy atom. The van der Waals surface area contributed by atoms with Crippen LogP contribution in [-0.4, -0.2) is 59.4 Å². The molecule has 0 saturated carbocycles. The Hall–Kier alpha value is -1.28. The largest absolute Gasteiger partial charge is 0.379 e. The number of carbonyl (C=O) groups is 1. The number of hydrogen-bond acceptors (Lipinski definition) is 5. The van der Waals surface area contributed by atoms with Gasteiger partial charge in [0.2, 0.25) is 0 Å². The van der Waals surface area contributed by atoms with E-state index >= 15 is 0 Å². The van der Waals surface area contributed by atoms with Crippen molar-refractivity contribution in [1.29, 1.82) is 0 Å². The topological polar surface area (TPSA) is 32.8 Å². The lowest BCUT2D eigenvalue weighted by Crippen LogP contribution is -2.38. The van der Waals surface area contributed by atoms with Crippen LogP contribution in [0, 0.1) is 5.82 Å². The lowest BCUT2D eigenvalue weighted by Gasteiger charge is -2.27. The van der Waals surface area contributed by atoms with Gasteiger partial charge in [-0.15, -0.1) is 0 Å². The predicted molar refractivity (Wildman–Crippen MR) is 98.2 cm³/mol. The summed E-state index contributed by atoms with van der Waals surface area (Å²) in [5, 5.41) is 0. The zero-order valence-corrected chi connectivity index (χ0v) is 14.9. The summed E-state index contributed by atoms with van der Waals surface area (Å²) in [6.07, 6.45) is 2.65. The van der Waals surface area contributed by atoms with E-state index in [1.165, 1.54) is 23.9 Å². The van der Waals surface area contributed by atoms with Gasteiger partial charge < -0.3 is 4.74 Å². The standard InChI is InChI=1S/C17H19FN2O2S2/c18-14-4-2-13(3-5-14)12-15-16(21)20(17(23)24-15)7-1-6-19-8-10-22-11-9-19/h2-5,12H,1,6-11H2/b15-12+. The summed E-state index contributed by atoms with van der Waals surface area (Å²) in [6, 6.07) is 6.07. The molecule has 2 fully saturated rings. The molecule has 7 heteroatoms. The van der Waals surface area contributed by atoms with Crippen molar-refractivity contribution in [3.05, 3.63) is 40.6 Å². The highest BCUT2D eigenvalue weighted by Crippen LogP contribution is 2.32. The van der Waals surface area contributed by atoms with Gasteiger partial charge in [0.1, 0.15) is 10.1 Å². The molecular formula is C17H19FN2O2S2. The van der Waals surface area contributed by atoms with Crippen LogP contribution in [0.3, 0.4) is 0 Å². The molecule has 2 aliphatic heterocycles. The molecule has 2 saturated heterocycles. The minimum atomic E-state index is -0.289. The Morgan fingerprint density at radius 3 is 2.62 bits per heavy atom. The highest BCUT2D eigenvalue weighted by atomic mass is 32.2. The molecule has 1 aromatic carbocycles. The molecule has 0 spiro atoms. The van der Waals surface area contributed by atoms with Crippen LogP contribution in [-0.2, 0) is 9.53 Å². The minimum Gasteiger partial charge on any atom is -0.379 e. The number of amides is 1. The van der Waals surface area contributed by atoms with Crippen molar-refractivity contribution in [2.45, 2.75) is 6.42 Å². The number of ether oxygens (including phenoxy) is 1. The first-order valence-electron chi connectivity index (χ1n) is 7.94. The summed E-state index contributed by atoms with van der Waals surface area (Å²) in [6.45, 7) is 5.02. The van der Waals surface area contributed by atoms with Crippen LogP contribution in [0.4, 0.5) is 4.39 Å². The number of thioether (sulfide) groups is 1. The number of thiocarbonyl (C=S) groups is 1. The third kappa shape index (κ3) is 4.42. The van der Waals surface area contributed by atoms with Gasteiger partial charge >= 0.3 is 0 Å². The van der Waals surface area contributed by atoms with Crippen LogP contribution in [0.5, 0.6) is 0 Å². The zero-order chi connectivity index (χ0) is 16.9. The number of nitrogens with zero attached hydrogens (tertiary/aromatic N) is 2. The Morgan fingerprint density at radius 1 is 1.21 bits per heavy atom. The van der Waals surface area contributed by atoms with Crippen molar-refractivity contribution < 1.29 is 13.9 Å². The van der Waals surface area contributed by atoms with Crippen LogP contribution in [0.25, 0.3) is 6.08 Å². The minimum absolute atomic E-state index is 0.0590. The molecule has 0 radical (unpaired) electrons. The molecule has 2 aliphatic rings. The van der Waals surface area contributed by atoms with Gasteiger partial charge in [-0.2, -0.15) is 0 Å². The van der Waals surface area contributed by atoms with Gasteiger partial charge in [0.25, 0.3) is 5.91 Å². The molecule has 1 aromatic rings. The van der Waals surface area contributed by atoms with Crippen LogP contribution >= 0.6 is 24.0 Å². The van der Waals surface area contributed by atoms with Gasteiger partial charge in [0.05, 0.1) is 18.1 Å². The van der Waals surface area contributed by atoms with Crippen molar-refractivity contribution >= 4 is 40.3 Å². The summed E-state index contributed by atoms with van der Waals surface area (Å²) >= 11 is 6.64. The smallest absolute Gasteiger partial charge is 0.266 e. The maximum Gasteiger partial charge on any atom is 0.266 e. The SMILES string of the molecule is O=C1/C(=C\c2ccc(F)cc2)SC(=S)N1CCCN1CCOCC1. The zero-order valence-electron chi connectivity index (χ0n) is 13.2. The summed E-state index contributed by atoms with van der Waals surface area (Å²) in [5.41, 5.74) is 0.796. The van der Waals surface area contributed by atoms with E-state index < -0.39 is 0 Å². The highest BCUT2D eigenvalue weighted by Gasteiger charge is 2.31. The predicted octanol–water partition coefficient (Wildman–Crippen LogP) is 2.75. The summed E-state index contributed by atoms with van der Waals surface area (Å²) in [5.74, 6) is -0.348. The molecule has 2 heterocycles. The fourth-order valence-electron chi connectivity index (χ4n) is 2.68. The van der Waals surface area contributed by atoms with Gasteiger partial charge in [-0.05, 0) is 30.2 Å². The van der Waals surface area contributed by atoms with E-state index in [1.807, 2.05) is 0 Å². The normalized spacial score (nSPS) is 21.0. The van der Waals surface area contributed by atoms with E-state index in [4.69, 9.17) is 17.0 Å². The molecule has 0 atom stereocenters. The number of morpholine rings is 1. The van der Waals surface area contributed by atoms with Crippen LogP contribution < -0.4 is 0 Å². The molecule has 0 aromatic heterocycles. The van der Waals surface area contributed by atoms with E-state index in [-0.39, 0.29) is 11.7 Å². The second-order valence-corrected chi connectivity index (χ2v) is 7.37. The van der Waals surface area contributed by atoms with E-state index in [0.29, 0.717) is 15.8 Å². The number of hydrogen-bond donors (Lipinski definition) is 0. The lowest BCUT2D eigenvalue weighted by molar-refractivity contribution is -0.122. The van der Waals surface area contributed by atoms with Crippen LogP contribution in [0.2, 0.25) is 0 Å². The van der Waals surface area contributed by atoms with Crippen molar-refractivity contribution in [3.8, 4) is 0 Å². The molecule has 128 valence electrons. The van der Waals surface area contributed by atoms with Crippen molar-refractivity contribution in [2.24, 2.45) is 0 Å². The molecule has 0 aliphatic carbocycles.